The van der Waals surface area contributed by atoms with E-state index in [0.717, 1.165) is 17.2 Å². The average Bonchev–Trinajstić information content (AvgIpc) is 2.90. The van der Waals surface area contributed by atoms with Crippen molar-refractivity contribution in [1.82, 2.24) is 14.6 Å². The summed E-state index contributed by atoms with van der Waals surface area (Å²) in [5.41, 5.74) is 3.76. The van der Waals surface area contributed by atoms with Gasteiger partial charge in [0.25, 0.3) is 0 Å². The van der Waals surface area contributed by atoms with Gasteiger partial charge in [-0.15, -0.1) is 0 Å². The number of hydrogen-bond donors (Lipinski definition) is 0. The van der Waals surface area contributed by atoms with Gasteiger partial charge in [0.1, 0.15) is 5.15 Å². The maximum Gasteiger partial charge on any atom is 0.156 e. The third kappa shape index (κ3) is 0.995. The van der Waals surface area contributed by atoms with Gasteiger partial charge in [0.2, 0.25) is 0 Å². The lowest BCUT2D eigenvalue weighted by molar-refractivity contribution is 0.523. The zero-order valence-electron chi connectivity index (χ0n) is 8.91. The minimum Gasteiger partial charge on any atom is -0.233 e. The van der Waals surface area contributed by atoms with Crippen LogP contribution in [0.2, 0.25) is 5.15 Å². The number of hydrogen-bond acceptors (Lipinski definition) is 2. The van der Waals surface area contributed by atoms with Gasteiger partial charge in [0, 0.05) is 17.0 Å². The summed E-state index contributed by atoms with van der Waals surface area (Å²) in [6, 6.07) is 1.93. The highest BCUT2D eigenvalue weighted by atomic mass is 35.5. The Balaban J connectivity index is 2.09. The van der Waals surface area contributed by atoms with Gasteiger partial charge >= 0.3 is 0 Å². The first-order chi connectivity index (χ1) is 7.80. The van der Waals surface area contributed by atoms with Crippen LogP contribution >= 0.6 is 11.6 Å². The zero-order valence-corrected chi connectivity index (χ0v) is 9.67. The zero-order chi connectivity index (χ0) is 10.8. The molecule has 0 saturated heterocycles. The molecule has 1 fully saturated rings. The molecule has 0 atom stereocenters. The fraction of sp³-hybridized carbons (Fsp3) is 0.500. The van der Waals surface area contributed by atoms with Gasteiger partial charge in [-0.05, 0) is 32.1 Å². The van der Waals surface area contributed by atoms with E-state index in [9.17, 15) is 0 Å². The Bertz CT molecular complexity index is 583. The van der Waals surface area contributed by atoms with Crippen molar-refractivity contribution in [3.63, 3.8) is 0 Å². The van der Waals surface area contributed by atoms with Crippen LogP contribution in [0, 0.1) is 0 Å². The van der Waals surface area contributed by atoms with Crippen molar-refractivity contribution < 1.29 is 0 Å². The average molecular weight is 234 g/mol. The van der Waals surface area contributed by atoms with E-state index in [2.05, 4.69) is 5.10 Å². The summed E-state index contributed by atoms with van der Waals surface area (Å²) in [6.07, 6.45) is 7.91. The van der Waals surface area contributed by atoms with Crippen LogP contribution in [0.5, 0.6) is 0 Å². The van der Waals surface area contributed by atoms with E-state index in [4.69, 9.17) is 16.6 Å². The molecule has 2 aromatic rings. The Morgan fingerprint density at radius 2 is 2.19 bits per heavy atom. The van der Waals surface area contributed by atoms with Crippen LogP contribution in [-0.2, 0) is 11.8 Å². The maximum atomic E-state index is 6.42. The predicted molar refractivity (Wildman–Crippen MR) is 61.8 cm³/mol. The lowest BCUT2D eigenvalue weighted by atomic mass is 9.84. The topological polar surface area (TPSA) is 30.2 Å². The lowest BCUT2D eigenvalue weighted by Crippen LogP contribution is -2.20. The van der Waals surface area contributed by atoms with E-state index < -0.39 is 0 Å². The Morgan fingerprint density at radius 3 is 3.00 bits per heavy atom. The minimum atomic E-state index is 0.378. The molecule has 0 bridgehead atoms. The van der Waals surface area contributed by atoms with Crippen LogP contribution in [0.1, 0.15) is 36.9 Å². The quantitative estimate of drug-likeness (QED) is 0.655. The normalized spacial score (nSPS) is 21.3. The van der Waals surface area contributed by atoms with E-state index in [-0.39, 0.29) is 0 Å². The van der Waals surface area contributed by atoms with Crippen molar-refractivity contribution in [2.24, 2.45) is 0 Å². The number of rotatable bonds is 0. The molecule has 0 unspecified atom stereocenters. The van der Waals surface area contributed by atoms with Crippen LogP contribution in [0.15, 0.2) is 12.3 Å². The molecule has 1 saturated carbocycles. The van der Waals surface area contributed by atoms with Gasteiger partial charge in [-0.1, -0.05) is 11.6 Å². The Labute approximate surface area is 98.4 Å². The summed E-state index contributed by atoms with van der Waals surface area (Å²) in [5.74, 6) is 0. The van der Waals surface area contributed by atoms with E-state index in [1.165, 1.54) is 36.9 Å². The molecule has 0 amide bonds. The SMILES string of the molecule is Clc1c2c(nc3ccnn13)C1(CCC2)CC1. The van der Waals surface area contributed by atoms with Gasteiger partial charge in [0.15, 0.2) is 5.65 Å². The monoisotopic (exact) mass is 233 g/mol. The molecule has 3 nitrogen and oxygen atoms in total. The highest BCUT2D eigenvalue weighted by molar-refractivity contribution is 6.30. The molecular weight excluding hydrogens is 222 g/mol. The third-order valence-electron chi connectivity index (χ3n) is 4.01. The molecule has 4 heteroatoms. The van der Waals surface area contributed by atoms with Crippen molar-refractivity contribution in [2.45, 2.75) is 37.5 Å². The van der Waals surface area contributed by atoms with Crippen LogP contribution < -0.4 is 0 Å². The highest BCUT2D eigenvalue weighted by Gasteiger charge is 2.48. The molecule has 0 aromatic carbocycles. The van der Waals surface area contributed by atoms with Crippen LogP contribution in [0.3, 0.4) is 0 Å². The predicted octanol–water partition coefficient (Wildman–Crippen LogP) is 2.75. The van der Waals surface area contributed by atoms with Gasteiger partial charge in [-0.25, -0.2) is 9.50 Å². The molecule has 1 spiro atoms. The van der Waals surface area contributed by atoms with E-state index in [0.29, 0.717) is 5.41 Å². The second-order valence-electron chi connectivity index (χ2n) is 4.96. The Kier molecular flexibility index (Phi) is 1.56. The molecule has 0 aliphatic heterocycles. The van der Waals surface area contributed by atoms with Gasteiger partial charge in [0.05, 0.1) is 11.9 Å². The van der Waals surface area contributed by atoms with Gasteiger partial charge < -0.3 is 0 Å². The Hall–Kier alpha value is -1.09. The van der Waals surface area contributed by atoms with Crippen molar-refractivity contribution >= 4 is 17.2 Å². The second kappa shape index (κ2) is 2.77. The third-order valence-corrected chi connectivity index (χ3v) is 4.40. The van der Waals surface area contributed by atoms with Crippen LogP contribution in [-0.4, -0.2) is 14.6 Å². The lowest BCUT2D eigenvalue weighted by Gasteiger charge is -2.24. The number of fused-ring (bicyclic) bond motifs is 3. The first-order valence-corrected chi connectivity index (χ1v) is 6.21. The first kappa shape index (κ1) is 8.99. The van der Waals surface area contributed by atoms with Crippen LogP contribution in [0.25, 0.3) is 5.65 Å². The van der Waals surface area contributed by atoms with Gasteiger partial charge in [-0.3, -0.25) is 0 Å². The maximum absolute atomic E-state index is 6.42. The summed E-state index contributed by atoms with van der Waals surface area (Å²) in [7, 11) is 0. The van der Waals surface area contributed by atoms with E-state index in [1.807, 2.05) is 6.07 Å². The molecule has 16 heavy (non-hydrogen) atoms. The van der Waals surface area contributed by atoms with E-state index in [1.54, 1.807) is 10.7 Å². The van der Waals surface area contributed by atoms with Crippen molar-refractivity contribution in [1.29, 1.82) is 0 Å². The Morgan fingerprint density at radius 1 is 1.31 bits per heavy atom. The molecule has 2 aliphatic rings. The molecule has 82 valence electrons. The molecular formula is C12H12ClN3. The van der Waals surface area contributed by atoms with Crippen molar-refractivity contribution in [3.05, 3.63) is 28.7 Å². The van der Waals surface area contributed by atoms with Gasteiger partial charge in [-0.2, -0.15) is 5.10 Å². The smallest absolute Gasteiger partial charge is 0.156 e. The number of halogens is 1. The molecule has 2 heterocycles. The molecule has 2 aromatic heterocycles. The molecule has 0 N–H and O–H groups in total. The molecule has 0 radical (unpaired) electrons. The summed E-state index contributed by atoms with van der Waals surface area (Å²) in [5, 5.41) is 4.99. The fourth-order valence-corrected chi connectivity index (χ4v) is 3.27. The summed E-state index contributed by atoms with van der Waals surface area (Å²) >= 11 is 6.42. The van der Waals surface area contributed by atoms with Crippen LogP contribution in [0.4, 0.5) is 0 Å². The van der Waals surface area contributed by atoms with Crippen molar-refractivity contribution in [3.8, 4) is 0 Å². The van der Waals surface area contributed by atoms with E-state index >= 15 is 0 Å². The summed E-state index contributed by atoms with van der Waals surface area (Å²) < 4.78 is 1.75. The molecule has 2 aliphatic carbocycles. The highest BCUT2D eigenvalue weighted by Crippen LogP contribution is 2.55. The standard InChI is InChI=1S/C12H12ClN3/c13-11-8-2-1-4-12(5-6-12)10(8)15-9-3-7-14-16(9)11/h3,7H,1-2,4-6H2. The second-order valence-corrected chi connectivity index (χ2v) is 5.32. The summed E-state index contributed by atoms with van der Waals surface area (Å²) in [6.45, 7) is 0. The number of nitrogens with zero attached hydrogens (tertiary/aromatic N) is 3. The minimum absolute atomic E-state index is 0.378. The number of aromatic nitrogens is 3. The largest absolute Gasteiger partial charge is 0.233 e. The fourth-order valence-electron chi connectivity index (χ4n) is 2.96. The van der Waals surface area contributed by atoms with Crippen molar-refractivity contribution in [2.75, 3.05) is 0 Å². The molecule has 4 rings (SSSR count). The summed E-state index contributed by atoms with van der Waals surface area (Å²) in [4.78, 5) is 4.77. The first-order valence-electron chi connectivity index (χ1n) is 5.83.